The van der Waals surface area contributed by atoms with E-state index in [1.54, 1.807) is 0 Å². The van der Waals surface area contributed by atoms with Gasteiger partial charge in [0, 0.05) is 11.6 Å². The van der Waals surface area contributed by atoms with Gasteiger partial charge in [-0.1, -0.05) is 17.7 Å². The van der Waals surface area contributed by atoms with E-state index in [1.165, 1.54) is 12.1 Å². The summed E-state index contributed by atoms with van der Waals surface area (Å²) >= 11 is 5.66. The third-order valence-corrected chi connectivity index (χ3v) is 2.38. The smallest absolute Gasteiger partial charge is 0.142 e. The zero-order valence-electron chi connectivity index (χ0n) is 7.97. The molecule has 0 fully saturated rings. The Morgan fingerprint density at radius 1 is 1.36 bits per heavy atom. The Labute approximate surface area is 87.1 Å². The molecule has 0 aliphatic carbocycles. The summed E-state index contributed by atoms with van der Waals surface area (Å²) in [5.74, 6) is 0.210. The van der Waals surface area contributed by atoms with Gasteiger partial charge in [-0.25, -0.2) is 4.39 Å². The van der Waals surface area contributed by atoms with Crippen LogP contribution in [0.5, 0.6) is 5.75 Å². The van der Waals surface area contributed by atoms with Crippen molar-refractivity contribution < 1.29 is 9.13 Å². The molecule has 0 amide bonds. The van der Waals surface area contributed by atoms with Gasteiger partial charge in [0.05, 0.1) is 5.02 Å². The average molecular weight is 213 g/mol. The van der Waals surface area contributed by atoms with Gasteiger partial charge in [0.25, 0.3) is 0 Å². The minimum absolute atomic E-state index is 0.0925. The predicted octanol–water partition coefficient (Wildman–Crippen LogP) is 3.66. The SMILES string of the molecule is CC1(C)C=Cc2cc(F)c(Cl)cc2O1. The number of hydrogen-bond acceptors (Lipinski definition) is 1. The highest BCUT2D eigenvalue weighted by molar-refractivity contribution is 6.30. The van der Waals surface area contributed by atoms with Crippen LogP contribution in [0.1, 0.15) is 19.4 Å². The van der Waals surface area contributed by atoms with Crippen LogP contribution in [0, 0.1) is 5.82 Å². The van der Waals surface area contributed by atoms with Crippen molar-refractivity contribution in [2.45, 2.75) is 19.4 Å². The minimum Gasteiger partial charge on any atom is -0.483 e. The molecule has 1 aliphatic rings. The highest BCUT2D eigenvalue weighted by Gasteiger charge is 2.22. The van der Waals surface area contributed by atoms with Crippen molar-refractivity contribution >= 4 is 17.7 Å². The summed E-state index contributed by atoms with van der Waals surface area (Å²) in [6.07, 6.45) is 3.74. The first kappa shape index (κ1) is 9.53. The van der Waals surface area contributed by atoms with Gasteiger partial charge in [-0.15, -0.1) is 0 Å². The van der Waals surface area contributed by atoms with Gasteiger partial charge < -0.3 is 4.74 Å². The van der Waals surface area contributed by atoms with Gasteiger partial charge in [0.2, 0.25) is 0 Å². The Hall–Kier alpha value is -1.02. The van der Waals surface area contributed by atoms with Crippen LogP contribution in [0.2, 0.25) is 5.02 Å². The van der Waals surface area contributed by atoms with Crippen LogP contribution in [0.15, 0.2) is 18.2 Å². The molecule has 0 spiro atoms. The minimum atomic E-state index is -0.418. The number of fused-ring (bicyclic) bond motifs is 1. The summed E-state index contributed by atoms with van der Waals surface area (Å²) in [6, 6.07) is 2.89. The number of hydrogen-bond donors (Lipinski definition) is 0. The largest absolute Gasteiger partial charge is 0.483 e. The zero-order chi connectivity index (χ0) is 10.3. The van der Waals surface area contributed by atoms with Crippen molar-refractivity contribution in [1.29, 1.82) is 0 Å². The van der Waals surface area contributed by atoms with Gasteiger partial charge in [-0.2, -0.15) is 0 Å². The molecule has 1 heterocycles. The van der Waals surface area contributed by atoms with Crippen molar-refractivity contribution in [2.24, 2.45) is 0 Å². The molecule has 0 N–H and O–H groups in total. The molecule has 1 aromatic rings. The summed E-state index contributed by atoms with van der Waals surface area (Å²) < 4.78 is 18.7. The molecule has 74 valence electrons. The maximum Gasteiger partial charge on any atom is 0.142 e. The van der Waals surface area contributed by atoms with E-state index in [4.69, 9.17) is 16.3 Å². The second-order valence-corrected chi connectivity index (χ2v) is 4.25. The molecule has 0 radical (unpaired) electrons. The van der Waals surface area contributed by atoms with E-state index in [2.05, 4.69) is 0 Å². The van der Waals surface area contributed by atoms with E-state index < -0.39 is 5.82 Å². The Kier molecular flexibility index (Phi) is 2.04. The molecule has 0 aromatic heterocycles. The lowest BCUT2D eigenvalue weighted by Crippen LogP contribution is -2.27. The van der Waals surface area contributed by atoms with Gasteiger partial charge in [-0.05, 0) is 26.0 Å². The summed E-state index contributed by atoms with van der Waals surface area (Å²) in [7, 11) is 0. The molecular formula is C11H10ClFO. The molecule has 0 atom stereocenters. The number of ether oxygens (including phenoxy) is 1. The first-order chi connectivity index (χ1) is 6.48. The first-order valence-corrected chi connectivity index (χ1v) is 4.73. The zero-order valence-corrected chi connectivity index (χ0v) is 8.73. The van der Waals surface area contributed by atoms with Crippen molar-refractivity contribution in [3.63, 3.8) is 0 Å². The summed E-state index contributed by atoms with van der Waals surface area (Å²) in [4.78, 5) is 0. The van der Waals surface area contributed by atoms with Crippen molar-refractivity contribution in [3.8, 4) is 5.75 Å². The fourth-order valence-corrected chi connectivity index (χ4v) is 1.52. The molecule has 2 rings (SSSR count). The van der Waals surface area contributed by atoms with E-state index >= 15 is 0 Å². The predicted molar refractivity (Wildman–Crippen MR) is 55.2 cm³/mol. The van der Waals surface area contributed by atoms with Crippen LogP contribution >= 0.6 is 11.6 Å². The Balaban J connectivity index is 2.52. The van der Waals surface area contributed by atoms with E-state index in [9.17, 15) is 4.39 Å². The molecule has 0 bridgehead atoms. The lowest BCUT2D eigenvalue weighted by atomic mass is 10.0. The summed E-state index contributed by atoms with van der Waals surface area (Å²) in [5.41, 5.74) is 0.375. The van der Waals surface area contributed by atoms with Crippen LogP contribution in [0.4, 0.5) is 4.39 Å². The average Bonchev–Trinajstić information content (AvgIpc) is 2.07. The molecule has 3 heteroatoms. The van der Waals surface area contributed by atoms with E-state index in [0.29, 0.717) is 5.75 Å². The Bertz CT molecular complexity index is 410. The highest BCUT2D eigenvalue weighted by atomic mass is 35.5. The molecular weight excluding hydrogens is 203 g/mol. The Morgan fingerprint density at radius 3 is 2.79 bits per heavy atom. The van der Waals surface area contributed by atoms with Crippen LogP contribution < -0.4 is 4.74 Å². The molecule has 0 saturated heterocycles. The second-order valence-electron chi connectivity index (χ2n) is 3.84. The van der Waals surface area contributed by atoms with Gasteiger partial charge in [0.15, 0.2) is 0 Å². The molecule has 1 aliphatic heterocycles. The topological polar surface area (TPSA) is 9.23 Å². The molecule has 14 heavy (non-hydrogen) atoms. The van der Waals surface area contributed by atoms with Crippen LogP contribution in [0.25, 0.3) is 6.08 Å². The number of rotatable bonds is 0. The van der Waals surface area contributed by atoms with Crippen molar-refractivity contribution in [3.05, 3.63) is 34.6 Å². The first-order valence-electron chi connectivity index (χ1n) is 4.35. The van der Waals surface area contributed by atoms with Crippen LogP contribution in [0.3, 0.4) is 0 Å². The third-order valence-electron chi connectivity index (χ3n) is 2.09. The molecule has 1 aromatic carbocycles. The van der Waals surface area contributed by atoms with Gasteiger partial charge >= 0.3 is 0 Å². The maximum atomic E-state index is 13.1. The molecule has 0 saturated carbocycles. The monoisotopic (exact) mass is 212 g/mol. The molecule has 0 unspecified atom stereocenters. The lowest BCUT2D eigenvalue weighted by Gasteiger charge is -2.27. The van der Waals surface area contributed by atoms with Gasteiger partial charge in [-0.3, -0.25) is 0 Å². The maximum absolute atomic E-state index is 13.1. The van der Waals surface area contributed by atoms with Crippen LogP contribution in [-0.2, 0) is 0 Å². The fraction of sp³-hybridized carbons (Fsp3) is 0.273. The summed E-state index contributed by atoms with van der Waals surface area (Å²) in [6.45, 7) is 3.87. The fourth-order valence-electron chi connectivity index (χ4n) is 1.37. The number of halogens is 2. The lowest BCUT2D eigenvalue weighted by molar-refractivity contribution is 0.159. The highest BCUT2D eigenvalue weighted by Crippen LogP contribution is 2.34. The second kappa shape index (κ2) is 2.99. The standard InChI is InChI=1S/C11H10ClFO/c1-11(2)4-3-7-5-9(13)8(12)6-10(7)14-11/h3-6H,1-2H3. The van der Waals surface area contributed by atoms with Crippen molar-refractivity contribution in [2.75, 3.05) is 0 Å². The normalized spacial score (nSPS) is 17.4. The van der Waals surface area contributed by atoms with Gasteiger partial charge in [0.1, 0.15) is 17.2 Å². The van der Waals surface area contributed by atoms with E-state index in [1.807, 2.05) is 26.0 Å². The number of benzene rings is 1. The molecule has 1 nitrogen and oxygen atoms in total. The third kappa shape index (κ3) is 1.62. The quantitative estimate of drug-likeness (QED) is 0.638. The Morgan fingerprint density at radius 2 is 2.07 bits per heavy atom. The van der Waals surface area contributed by atoms with E-state index in [0.717, 1.165) is 5.56 Å². The summed E-state index contributed by atoms with van der Waals surface area (Å²) in [5, 5.41) is 0.0925. The van der Waals surface area contributed by atoms with Crippen LogP contribution in [-0.4, -0.2) is 5.60 Å². The van der Waals surface area contributed by atoms with E-state index in [-0.39, 0.29) is 10.6 Å². The van der Waals surface area contributed by atoms with Crippen molar-refractivity contribution in [1.82, 2.24) is 0 Å².